The Labute approximate surface area is 183 Å². The first-order valence-electron chi connectivity index (χ1n) is 11.2. The highest BCUT2D eigenvalue weighted by Crippen LogP contribution is 2.21. The van der Waals surface area contributed by atoms with E-state index in [4.69, 9.17) is 9.72 Å². The topological polar surface area (TPSA) is 55.5 Å². The number of rotatable bonds is 6. The summed E-state index contributed by atoms with van der Waals surface area (Å²) in [5.74, 6) is 1.74. The molecule has 0 saturated carbocycles. The highest BCUT2D eigenvalue weighted by atomic mass is 16.5. The Morgan fingerprint density at radius 3 is 2.74 bits per heavy atom. The maximum absolute atomic E-state index is 5.27. The van der Waals surface area contributed by atoms with Gasteiger partial charge in [0, 0.05) is 62.8 Å². The van der Waals surface area contributed by atoms with Gasteiger partial charge in [0.15, 0.2) is 5.82 Å². The van der Waals surface area contributed by atoms with Crippen LogP contribution in [0.5, 0.6) is 5.75 Å². The minimum atomic E-state index is 0.847. The van der Waals surface area contributed by atoms with Gasteiger partial charge in [0.05, 0.1) is 18.5 Å². The maximum Gasteiger partial charge on any atom is 0.173 e. The van der Waals surface area contributed by atoms with Crippen molar-refractivity contribution in [1.82, 2.24) is 19.4 Å². The number of nitrogens with zero attached hydrogens (tertiary/aromatic N) is 5. The summed E-state index contributed by atoms with van der Waals surface area (Å²) in [4.78, 5) is 16.7. The first-order valence-corrected chi connectivity index (χ1v) is 11.2. The van der Waals surface area contributed by atoms with Crippen LogP contribution in [-0.4, -0.2) is 45.3 Å². The van der Waals surface area contributed by atoms with Crippen LogP contribution in [0.25, 0.3) is 0 Å². The largest absolute Gasteiger partial charge is 0.497 e. The Morgan fingerprint density at radius 1 is 1.03 bits per heavy atom. The van der Waals surface area contributed by atoms with Crippen molar-refractivity contribution in [3.05, 3.63) is 77.1 Å². The number of hydrogen-bond donors (Lipinski definition) is 0. The molecular weight excluding hydrogens is 386 g/mol. The van der Waals surface area contributed by atoms with E-state index in [1.165, 1.54) is 35.4 Å². The predicted octanol–water partition coefficient (Wildman–Crippen LogP) is 3.87. The normalized spacial score (nSPS) is 16.6. The van der Waals surface area contributed by atoms with Crippen molar-refractivity contribution in [3.8, 4) is 5.75 Å². The van der Waals surface area contributed by atoms with Gasteiger partial charge in [-0.1, -0.05) is 12.1 Å². The Kier molecular flexibility index (Phi) is 5.80. The molecule has 0 N–H and O–H groups in total. The number of methoxy groups -OCH3 is 1. The molecule has 1 aromatic carbocycles. The Bertz CT molecular complexity index is 1070. The van der Waals surface area contributed by atoms with E-state index in [2.05, 4.69) is 49.9 Å². The monoisotopic (exact) mass is 415 g/mol. The molecule has 0 saturated heterocycles. The summed E-state index contributed by atoms with van der Waals surface area (Å²) in [6.45, 7) is 4.63. The molecule has 0 spiro atoms. The van der Waals surface area contributed by atoms with Gasteiger partial charge in [-0.25, -0.2) is 9.97 Å². The zero-order valence-corrected chi connectivity index (χ0v) is 18.1. The quantitative estimate of drug-likeness (QED) is 0.613. The summed E-state index contributed by atoms with van der Waals surface area (Å²) in [6, 6.07) is 12.7. The molecule has 0 amide bonds. The minimum absolute atomic E-state index is 0.847. The molecule has 31 heavy (non-hydrogen) atoms. The van der Waals surface area contributed by atoms with Crippen LogP contribution in [-0.2, 0) is 26.1 Å². The number of hydrogen-bond acceptors (Lipinski definition) is 5. The Morgan fingerprint density at radius 2 is 1.94 bits per heavy atom. The van der Waals surface area contributed by atoms with Gasteiger partial charge in [0.2, 0.25) is 0 Å². The van der Waals surface area contributed by atoms with E-state index in [1.807, 2.05) is 18.3 Å². The molecule has 0 atom stereocenters. The third-order valence-corrected chi connectivity index (χ3v) is 6.22. The van der Waals surface area contributed by atoms with Crippen molar-refractivity contribution in [3.63, 3.8) is 0 Å². The lowest BCUT2D eigenvalue weighted by Gasteiger charge is -2.28. The Balaban J connectivity index is 1.25. The third-order valence-electron chi connectivity index (χ3n) is 6.22. The van der Waals surface area contributed by atoms with Gasteiger partial charge in [-0.2, -0.15) is 0 Å². The molecule has 5 rings (SSSR count). The first kappa shape index (κ1) is 19.9. The molecule has 0 fully saturated rings. The number of ether oxygens (including phenoxy) is 1. The third kappa shape index (κ3) is 4.54. The number of benzene rings is 1. The summed E-state index contributed by atoms with van der Waals surface area (Å²) in [5.41, 5.74) is 6.14. The molecule has 0 bridgehead atoms. The average molecular weight is 416 g/mol. The van der Waals surface area contributed by atoms with E-state index in [0.717, 1.165) is 62.9 Å². The van der Waals surface area contributed by atoms with Crippen LogP contribution in [0.1, 0.15) is 47.6 Å². The van der Waals surface area contributed by atoms with E-state index in [0.29, 0.717) is 0 Å². The molecule has 0 aliphatic carbocycles. The fourth-order valence-electron chi connectivity index (χ4n) is 4.43. The SMILES string of the molecule is COc1ccc(Cn2cccc2CN2CCc3nc(C4=NCCCC4)ncc3C2)cc1. The molecule has 0 radical (unpaired) electrons. The van der Waals surface area contributed by atoms with Crippen LogP contribution < -0.4 is 4.74 Å². The van der Waals surface area contributed by atoms with Gasteiger partial charge < -0.3 is 9.30 Å². The lowest BCUT2D eigenvalue weighted by Crippen LogP contribution is -2.32. The lowest BCUT2D eigenvalue weighted by atomic mass is 10.1. The summed E-state index contributed by atoms with van der Waals surface area (Å²) < 4.78 is 7.60. The van der Waals surface area contributed by atoms with E-state index >= 15 is 0 Å². The standard InChI is InChI=1S/C25H29N5O/c1-31-22-9-7-19(8-10-22)16-30-13-4-5-21(30)18-29-14-11-23-20(17-29)15-27-25(28-23)24-6-2-3-12-26-24/h4-5,7-10,13,15H,2-3,6,11-12,14,16-18H2,1H3. The average Bonchev–Trinajstić information content (AvgIpc) is 3.26. The molecule has 0 unspecified atom stereocenters. The van der Waals surface area contributed by atoms with Crippen molar-refractivity contribution in [2.24, 2.45) is 4.99 Å². The van der Waals surface area contributed by atoms with E-state index in [1.54, 1.807) is 7.11 Å². The van der Waals surface area contributed by atoms with Crippen molar-refractivity contribution < 1.29 is 4.74 Å². The second-order valence-corrected chi connectivity index (χ2v) is 8.39. The summed E-state index contributed by atoms with van der Waals surface area (Å²) in [6.07, 6.45) is 8.55. The molecule has 2 aliphatic heterocycles. The minimum Gasteiger partial charge on any atom is -0.497 e. The smallest absolute Gasteiger partial charge is 0.173 e. The van der Waals surface area contributed by atoms with Crippen LogP contribution in [0, 0.1) is 0 Å². The predicted molar refractivity (Wildman–Crippen MR) is 122 cm³/mol. The first-order chi connectivity index (χ1) is 15.3. The number of fused-ring (bicyclic) bond motifs is 1. The van der Waals surface area contributed by atoms with E-state index in [9.17, 15) is 0 Å². The summed E-state index contributed by atoms with van der Waals surface area (Å²) in [5, 5.41) is 0. The van der Waals surface area contributed by atoms with Crippen LogP contribution in [0.3, 0.4) is 0 Å². The molecule has 4 heterocycles. The zero-order chi connectivity index (χ0) is 21.0. The van der Waals surface area contributed by atoms with Crippen molar-refractivity contribution in [2.75, 3.05) is 20.2 Å². The summed E-state index contributed by atoms with van der Waals surface area (Å²) in [7, 11) is 1.70. The van der Waals surface area contributed by atoms with Gasteiger partial charge in [-0.3, -0.25) is 9.89 Å². The number of aromatic nitrogens is 3. The molecule has 160 valence electrons. The fraction of sp³-hybridized carbons (Fsp3) is 0.400. The molecule has 2 aromatic heterocycles. The Hall–Kier alpha value is -2.99. The van der Waals surface area contributed by atoms with E-state index < -0.39 is 0 Å². The van der Waals surface area contributed by atoms with Crippen molar-refractivity contribution >= 4 is 5.71 Å². The van der Waals surface area contributed by atoms with Gasteiger partial charge >= 0.3 is 0 Å². The molecular formula is C25H29N5O. The van der Waals surface area contributed by atoms with E-state index in [-0.39, 0.29) is 0 Å². The highest BCUT2D eigenvalue weighted by Gasteiger charge is 2.21. The van der Waals surface area contributed by atoms with Crippen molar-refractivity contribution in [1.29, 1.82) is 0 Å². The lowest BCUT2D eigenvalue weighted by molar-refractivity contribution is 0.237. The zero-order valence-electron chi connectivity index (χ0n) is 18.1. The van der Waals surface area contributed by atoms with Crippen LogP contribution in [0.15, 0.2) is 53.8 Å². The van der Waals surface area contributed by atoms with Gasteiger partial charge in [-0.05, 0) is 49.1 Å². The highest BCUT2D eigenvalue weighted by molar-refractivity contribution is 5.97. The van der Waals surface area contributed by atoms with Crippen LogP contribution in [0.2, 0.25) is 0 Å². The molecule has 6 heteroatoms. The van der Waals surface area contributed by atoms with Crippen molar-refractivity contribution in [2.45, 2.75) is 45.3 Å². The molecule has 3 aromatic rings. The van der Waals surface area contributed by atoms with Gasteiger partial charge in [-0.15, -0.1) is 0 Å². The second-order valence-electron chi connectivity index (χ2n) is 8.39. The maximum atomic E-state index is 5.27. The molecule has 2 aliphatic rings. The van der Waals surface area contributed by atoms with Gasteiger partial charge in [0.1, 0.15) is 5.75 Å². The van der Waals surface area contributed by atoms with Crippen LogP contribution >= 0.6 is 0 Å². The van der Waals surface area contributed by atoms with Gasteiger partial charge in [0.25, 0.3) is 0 Å². The molecule has 6 nitrogen and oxygen atoms in total. The summed E-state index contributed by atoms with van der Waals surface area (Å²) >= 11 is 0. The fourth-order valence-corrected chi connectivity index (χ4v) is 4.43. The van der Waals surface area contributed by atoms with Crippen LogP contribution in [0.4, 0.5) is 0 Å². The number of aliphatic imine (C=N–C) groups is 1. The second kappa shape index (κ2) is 9.02.